The molecule has 0 N–H and O–H groups in total. The van der Waals surface area contributed by atoms with E-state index in [9.17, 15) is 4.79 Å². The molecule has 25 heavy (non-hydrogen) atoms. The molecule has 0 aromatic rings. The predicted octanol–water partition coefficient (Wildman–Crippen LogP) is 7.98. The molecule has 2 nitrogen and oxygen atoms in total. The van der Waals surface area contributed by atoms with Gasteiger partial charge >= 0.3 is 5.97 Å². The van der Waals surface area contributed by atoms with Gasteiger partial charge < -0.3 is 4.74 Å². The van der Waals surface area contributed by atoms with Gasteiger partial charge in [0.2, 0.25) is 0 Å². The Morgan fingerprint density at radius 1 is 0.680 bits per heavy atom. The number of esters is 1. The van der Waals surface area contributed by atoms with Crippen molar-refractivity contribution in [2.24, 2.45) is 0 Å². The molecule has 0 aliphatic carbocycles. The number of unbranched alkanes of at least 4 members (excludes halogenated alkanes) is 12. The van der Waals surface area contributed by atoms with Crippen LogP contribution in [0.15, 0.2) is 0 Å². The van der Waals surface area contributed by atoms with Gasteiger partial charge in [-0.3, -0.25) is 4.79 Å². The van der Waals surface area contributed by atoms with Gasteiger partial charge in [-0.2, -0.15) is 0 Å². The van der Waals surface area contributed by atoms with Crippen molar-refractivity contribution in [2.45, 2.75) is 142 Å². The third kappa shape index (κ3) is 15.4. The monoisotopic (exact) mass is 354 g/mol. The third-order valence-corrected chi connectivity index (χ3v) is 5.40. The maximum atomic E-state index is 12.1. The van der Waals surface area contributed by atoms with E-state index in [1.165, 1.54) is 77.0 Å². The fourth-order valence-electron chi connectivity index (χ4n) is 3.31. The summed E-state index contributed by atoms with van der Waals surface area (Å²) in [7, 11) is 0. The molecule has 0 radical (unpaired) electrons. The summed E-state index contributed by atoms with van der Waals surface area (Å²) in [5, 5.41) is 0. The quantitative estimate of drug-likeness (QED) is 0.184. The number of carbonyl (C=O) groups excluding carboxylic acids is 1. The van der Waals surface area contributed by atoms with Gasteiger partial charge in [-0.15, -0.1) is 0 Å². The van der Waals surface area contributed by atoms with Crippen LogP contribution in [0.25, 0.3) is 0 Å². The fourth-order valence-corrected chi connectivity index (χ4v) is 3.31. The van der Waals surface area contributed by atoms with Crippen molar-refractivity contribution in [3.8, 4) is 0 Å². The van der Waals surface area contributed by atoms with Crippen molar-refractivity contribution in [2.75, 3.05) is 0 Å². The van der Waals surface area contributed by atoms with Crippen LogP contribution >= 0.6 is 0 Å². The Morgan fingerprint density at radius 3 is 1.60 bits per heavy atom. The second kappa shape index (κ2) is 16.9. The highest BCUT2D eigenvalue weighted by atomic mass is 16.6. The van der Waals surface area contributed by atoms with Gasteiger partial charge in [-0.25, -0.2) is 0 Å². The van der Waals surface area contributed by atoms with Crippen molar-refractivity contribution in [1.82, 2.24) is 0 Å². The normalized spacial score (nSPS) is 13.6. The van der Waals surface area contributed by atoms with Crippen LogP contribution in [0, 0.1) is 0 Å². The van der Waals surface area contributed by atoms with Gasteiger partial charge in [-0.1, -0.05) is 97.8 Å². The summed E-state index contributed by atoms with van der Waals surface area (Å²) < 4.78 is 5.79. The minimum Gasteiger partial charge on any atom is -0.459 e. The van der Waals surface area contributed by atoms with E-state index < -0.39 is 0 Å². The largest absolute Gasteiger partial charge is 0.459 e. The minimum absolute atomic E-state index is 0.0109. The second-order valence-electron chi connectivity index (χ2n) is 8.02. The SMILES string of the molecule is CCCCCCCCCCCCCC(=O)OC(C)(CC)CCCCC. The first-order valence-corrected chi connectivity index (χ1v) is 11.3. The van der Waals surface area contributed by atoms with Crippen LogP contribution in [0.5, 0.6) is 0 Å². The number of hydrogen-bond acceptors (Lipinski definition) is 2. The number of rotatable bonds is 18. The summed E-state index contributed by atoms with van der Waals surface area (Å²) in [6.45, 7) is 8.70. The standard InChI is InChI=1S/C23H46O2/c1-5-8-10-11-12-13-14-15-16-17-18-20-22(24)25-23(4,7-3)21-19-9-6-2/h5-21H2,1-4H3. The molecule has 0 spiro atoms. The smallest absolute Gasteiger partial charge is 0.306 e. The molecule has 0 aliphatic rings. The van der Waals surface area contributed by atoms with Gasteiger partial charge in [0.05, 0.1) is 0 Å². The lowest BCUT2D eigenvalue weighted by Gasteiger charge is -2.28. The fraction of sp³-hybridized carbons (Fsp3) is 0.957. The first-order chi connectivity index (χ1) is 12.1. The lowest BCUT2D eigenvalue weighted by atomic mass is 9.95. The molecule has 0 aromatic carbocycles. The summed E-state index contributed by atoms with van der Waals surface area (Å²) in [5.41, 5.74) is -0.246. The topological polar surface area (TPSA) is 26.3 Å². The highest BCUT2D eigenvalue weighted by Crippen LogP contribution is 2.24. The molecule has 0 amide bonds. The van der Waals surface area contributed by atoms with E-state index in [4.69, 9.17) is 4.74 Å². The van der Waals surface area contributed by atoms with E-state index in [1.807, 2.05) is 0 Å². The zero-order valence-electron chi connectivity index (χ0n) is 17.8. The Hall–Kier alpha value is -0.530. The third-order valence-electron chi connectivity index (χ3n) is 5.40. The molecule has 0 fully saturated rings. The van der Waals surface area contributed by atoms with Crippen LogP contribution in [0.1, 0.15) is 137 Å². The number of hydrogen-bond donors (Lipinski definition) is 0. The number of carbonyl (C=O) groups is 1. The van der Waals surface area contributed by atoms with Gasteiger partial charge in [0, 0.05) is 6.42 Å². The van der Waals surface area contributed by atoms with E-state index in [2.05, 4.69) is 27.7 Å². The Labute approximate surface area is 158 Å². The van der Waals surface area contributed by atoms with E-state index in [0.29, 0.717) is 6.42 Å². The summed E-state index contributed by atoms with van der Waals surface area (Å²) >= 11 is 0. The highest BCUT2D eigenvalue weighted by molar-refractivity contribution is 5.69. The molecule has 0 bridgehead atoms. The van der Waals surface area contributed by atoms with Crippen LogP contribution in [-0.4, -0.2) is 11.6 Å². The van der Waals surface area contributed by atoms with E-state index in [-0.39, 0.29) is 11.6 Å². The highest BCUT2D eigenvalue weighted by Gasteiger charge is 2.25. The van der Waals surface area contributed by atoms with Crippen LogP contribution in [0.4, 0.5) is 0 Å². The van der Waals surface area contributed by atoms with E-state index in [0.717, 1.165) is 25.7 Å². The molecule has 0 saturated heterocycles. The maximum absolute atomic E-state index is 12.1. The molecule has 0 heterocycles. The van der Waals surface area contributed by atoms with Gasteiger partial charge in [0.25, 0.3) is 0 Å². The first-order valence-electron chi connectivity index (χ1n) is 11.3. The van der Waals surface area contributed by atoms with Gasteiger partial charge in [0.1, 0.15) is 5.60 Å². The van der Waals surface area contributed by atoms with Crippen LogP contribution in [0.3, 0.4) is 0 Å². The van der Waals surface area contributed by atoms with Gasteiger partial charge in [-0.05, 0) is 32.6 Å². The summed E-state index contributed by atoms with van der Waals surface area (Å²) in [6.07, 6.45) is 20.6. The van der Waals surface area contributed by atoms with Crippen molar-refractivity contribution < 1.29 is 9.53 Å². The minimum atomic E-state index is -0.246. The van der Waals surface area contributed by atoms with Crippen molar-refractivity contribution in [3.63, 3.8) is 0 Å². The average Bonchev–Trinajstić information content (AvgIpc) is 2.60. The number of ether oxygens (including phenoxy) is 1. The molecule has 1 unspecified atom stereocenters. The first kappa shape index (κ1) is 24.5. The Kier molecular flexibility index (Phi) is 16.6. The Balaban J connectivity index is 3.56. The summed E-state index contributed by atoms with van der Waals surface area (Å²) in [5.74, 6) is 0.0109. The molecule has 0 rings (SSSR count). The zero-order chi connectivity index (χ0) is 18.8. The molecule has 2 heteroatoms. The van der Waals surface area contributed by atoms with Gasteiger partial charge in [0.15, 0.2) is 0 Å². The Morgan fingerprint density at radius 2 is 1.12 bits per heavy atom. The lowest BCUT2D eigenvalue weighted by Crippen LogP contribution is -2.31. The summed E-state index contributed by atoms with van der Waals surface area (Å²) in [4.78, 5) is 12.1. The van der Waals surface area contributed by atoms with Crippen LogP contribution < -0.4 is 0 Å². The lowest BCUT2D eigenvalue weighted by molar-refractivity contribution is -0.159. The average molecular weight is 355 g/mol. The van der Waals surface area contributed by atoms with Crippen molar-refractivity contribution in [3.05, 3.63) is 0 Å². The second-order valence-corrected chi connectivity index (χ2v) is 8.02. The predicted molar refractivity (Wildman–Crippen MR) is 110 cm³/mol. The molecular weight excluding hydrogens is 308 g/mol. The molecule has 0 aromatic heterocycles. The van der Waals surface area contributed by atoms with Crippen LogP contribution in [-0.2, 0) is 9.53 Å². The summed E-state index contributed by atoms with van der Waals surface area (Å²) in [6, 6.07) is 0. The Bertz CT molecular complexity index is 300. The molecular formula is C23H46O2. The van der Waals surface area contributed by atoms with E-state index >= 15 is 0 Å². The molecule has 0 aliphatic heterocycles. The zero-order valence-corrected chi connectivity index (χ0v) is 17.8. The maximum Gasteiger partial charge on any atom is 0.306 e. The van der Waals surface area contributed by atoms with Crippen LogP contribution in [0.2, 0.25) is 0 Å². The van der Waals surface area contributed by atoms with E-state index in [1.54, 1.807) is 0 Å². The molecule has 0 saturated carbocycles. The molecule has 150 valence electrons. The van der Waals surface area contributed by atoms with Crippen molar-refractivity contribution in [1.29, 1.82) is 0 Å². The van der Waals surface area contributed by atoms with Crippen molar-refractivity contribution >= 4 is 5.97 Å². The molecule has 1 atom stereocenters.